The van der Waals surface area contributed by atoms with Crippen molar-refractivity contribution in [1.82, 2.24) is 4.90 Å². The van der Waals surface area contributed by atoms with Crippen molar-refractivity contribution in [2.24, 2.45) is 0 Å². The Morgan fingerprint density at radius 1 is 1.04 bits per heavy atom. The topological polar surface area (TPSA) is 29.5 Å². The number of likely N-dealkylation sites (tertiary alicyclic amines) is 1. The molecular weight excluding hydrogens is 334 g/mol. The minimum Gasteiger partial charge on any atom is -0.454 e. The van der Waals surface area contributed by atoms with Crippen molar-refractivity contribution in [3.63, 3.8) is 0 Å². The predicted octanol–water partition coefficient (Wildman–Crippen LogP) is 4.93. The Labute approximate surface area is 163 Å². The zero-order valence-corrected chi connectivity index (χ0v) is 16.6. The van der Waals surface area contributed by atoms with Gasteiger partial charge in [0.25, 0.3) is 0 Å². The Hall–Kier alpha value is -2.13. The standard InChI is InChI=1S/C24H31NO2/c1-3-4-14-23(26)27-24(15-17-25(2)18-16-24)22-13-9-8-12-21(22)19-20-10-6-5-7-11-20/h5-13H,3-4,14-19H2,1-2H3. The highest BCUT2D eigenvalue weighted by Crippen LogP contribution is 2.39. The molecule has 0 N–H and O–H groups in total. The summed E-state index contributed by atoms with van der Waals surface area (Å²) in [4.78, 5) is 14.9. The van der Waals surface area contributed by atoms with Gasteiger partial charge in [0, 0.05) is 32.4 Å². The summed E-state index contributed by atoms with van der Waals surface area (Å²) in [6, 6.07) is 19.0. The summed E-state index contributed by atoms with van der Waals surface area (Å²) >= 11 is 0. The maximum absolute atomic E-state index is 12.6. The predicted molar refractivity (Wildman–Crippen MR) is 110 cm³/mol. The van der Waals surface area contributed by atoms with Crippen LogP contribution in [0.2, 0.25) is 0 Å². The summed E-state index contributed by atoms with van der Waals surface area (Å²) in [7, 11) is 2.14. The van der Waals surface area contributed by atoms with Crippen molar-refractivity contribution in [2.45, 2.75) is 51.0 Å². The van der Waals surface area contributed by atoms with E-state index < -0.39 is 5.60 Å². The van der Waals surface area contributed by atoms with Crippen molar-refractivity contribution >= 4 is 5.97 Å². The van der Waals surface area contributed by atoms with E-state index in [2.05, 4.69) is 67.4 Å². The van der Waals surface area contributed by atoms with Gasteiger partial charge >= 0.3 is 5.97 Å². The fraction of sp³-hybridized carbons (Fsp3) is 0.458. The number of benzene rings is 2. The third-order valence-electron chi connectivity index (χ3n) is 5.58. The van der Waals surface area contributed by atoms with Crippen LogP contribution in [0.4, 0.5) is 0 Å². The average molecular weight is 366 g/mol. The van der Waals surface area contributed by atoms with Crippen LogP contribution in [0.25, 0.3) is 0 Å². The smallest absolute Gasteiger partial charge is 0.306 e. The lowest BCUT2D eigenvalue weighted by Gasteiger charge is -2.41. The third-order valence-corrected chi connectivity index (χ3v) is 5.58. The molecule has 1 fully saturated rings. The van der Waals surface area contributed by atoms with Gasteiger partial charge in [-0.2, -0.15) is 0 Å². The van der Waals surface area contributed by atoms with Gasteiger partial charge in [-0.15, -0.1) is 0 Å². The van der Waals surface area contributed by atoms with Crippen molar-refractivity contribution < 1.29 is 9.53 Å². The zero-order valence-electron chi connectivity index (χ0n) is 16.6. The molecule has 0 spiro atoms. The number of hydrogen-bond acceptors (Lipinski definition) is 3. The maximum Gasteiger partial charge on any atom is 0.306 e. The quantitative estimate of drug-likeness (QED) is 0.652. The highest BCUT2D eigenvalue weighted by Gasteiger charge is 2.40. The minimum atomic E-state index is -0.497. The molecule has 144 valence electrons. The molecule has 0 bridgehead atoms. The van der Waals surface area contributed by atoms with Gasteiger partial charge in [-0.1, -0.05) is 67.9 Å². The molecule has 3 rings (SSSR count). The van der Waals surface area contributed by atoms with E-state index in [4.69, 9.17) is 4.74 Å². The van der Waals surface area contributed by atoms with Crippen molar-refractivity contribution in [2.75, 3.05) is 20.1 Å². The molecule has 0 saturated carbocycles. The summed E-state index contributed by atoms with van der Waals surface area (Å²) in [6.45, 7) is 4.00. The van der Waals surface area contributed by atoms with Crippen molar-refractivity contribution in [3.05, 3.63) is 71.3 Å². The first-order valence-corrected chi connectivity index (χ1v) is 10.2. The largest absolute Gasteiger partial charge is 0.454 e. The molecule has 0 unspecified atom stereocenters. The van der Waals surface area contributed by atoms with Gasteiger partial charge in [-0.3, -0.25) is 4.79 Å². The van der Waals surface area contributed by atoms with Crippen LogP contribution in [0, 0.1) is 0 Å². The molecule has 0 aliphatic carbocycles. The highest BCUT2D eigenvalue weighted by molar-refractivity contribution is 5.70. The highest BCUT2D eigenvalue weighted by atomic mass is 16.6. The fourth-order valence-corrected chi connectivity index (χ4v) is 3.93. The summed E-state index contributed by atoms with van der Waals surface area (Å²) in [5.74, 6) is -0.0593. The molecule has 1 aliphatic heterocycles. The van der Waals surface area contributed by atoms with Crippen LogP contribution in [0.1, 0.15) is 55.7 Å². The monoisotopic (exact) mass is 365 g/mol. The van der Waals surface area contributed by atoms with E-state index in [1.54, 1.807) is 0 Å². The van der Waals surface area contributed by atoms with Crippen LogP contribution >= 0.6 is 0 Å². The van der Waals surface area contributed by atoms with Gasteiger partial charge in [-0.05, 0) is 36.6 Å². The second-order valence-electron chi connectivity index (χ2n) is 7.69. The number of nitrogens with zero attached hydrogens (tertiary/aromatic N) is 1. The second-order valence-corrected chi connectivity index (χ2v) is 7.69. The molecule has 0 radical (unpaired) electrons. The van der Waals surface area contributed by atoms with E-state index in [0.29, 0.717) is 6.42 Å². The van der Waals surface area contributed by atoms with Crippen molar-refractivity contribution in [1.29, 1.82) is 0 Å². The normalized spacial score (nSPS) is 16.8. The average Bonchev–Trinajstić information content (AvgIpc) is 2.69. The lowest BCUT2D eigenvalue weighted by Crippen LogP contribution is -2.44. The number of carbonyl (C=O) groups excluding carboxylic acids is 1. The van der Waals surface area contributed by atoms with E-state index in [0.717, 1.165) is 45.2 Å². The lowest BCUT2D eigenvalue weighted by atomic mass is 9.80. The van der Waals surface area contributed by atoms with Crippen molar-refractivity contribution in [3.8, 4) is 0 Å². The zero-order chi connectivity index (χ0) is 19.1. The van der Waals surface area contributed by atoms with Crippen LogP contribution in [-0.2, 0) is 21.6 Å². The summed E-state index contributed by atoms with van der Waals surface area (Å²) in [6.07, 6.45) is 4.98. The molecular formula is C24H31NO2. The van der Waals surface area contributed by atoms with Gasteiger partial charge in [0.15, 0.2) is 0 Å². The Bertz CT molecular complexity index is 733. The molecule has 1 aliphatic rings. The van der Waals surface area contributed by atoms with E-state index in [9.17, 15) is 4.79 Å². The molecule has 2 aromatic carbocycles. The molecule has 1 saturated heterocycles. The molecule has 3 heteroatoms. The van der Waals surface area contributed by atoms with Crippen LogP contribution < -0.4 is 0 Å². The Kier molecular flexibility index (Phi) is 6.68. The first-order chi connectivity index (χ1) is 13.1. The molecule has 1 heterocycles. The van der Waals surface area contributed by atoms with Gasteiger partial charge in [0.2, 0.25) is 0 Å². The maximum atomic E-state index is 12.6. The Morgan fingerprint density at radius 2 is 1.70 bits per heavy atom. The Morgan fingerprint density at radius 3 is 2.41 bits per heavy atom. The second kappa shape index (κ2) is 9.18. The molecule has 0 atom stereocenters. The first-order valence-electron chi connectivity index (χ1n) is 10.2. The Balaban J connectivity index is 1.91. The molecule has 27 heavy (non-hydrogen) atoms. The van der Waals surface area contributed by atoms with Gasteiger partial charge in [0.05, 0.1) is 0 Å². The number of ether oxygens (including phenoxy) is 1. The van der Waals surface area contributed by atoms with E-state index in [-0.39, 0.29) is 5.97 Å². The molecule has 3 nitrogen and oxygen atoms in total. The van der Waals surface area contributed by atoms with E-state index >= 15 is 0 Å². The van der Waals surface area contributed by atoms with Crippen LogP contribution in [-0.4, -0.2) is 31.0 Å². The lowest BCUT2D eigenvalue weighted by molar-refractivity contribution is -0.166. The number of rotatable bonds is 7. The van der Waals surface area contributed by atoms with E-state index in [1.807, 2.05) is 6.07 Å². The fourth-order valence-electron chi connectivity index (χ4n) is 3.93. The van der Waals surface area contributed by atoms with Crippen LogP contribution in [0.3, 0.4) is 0 Å². The minimum absolute atomic E-state index is 0.0593. The summed E-state index contributed by atoms with van der Waals surface area (Å²) < 4.78 is 6.23. The molecule has 0 amide bonds. The number of unbranched alkanes of at least 4 members (excludes halogenated alkanes) is 1. The summed E-state index contributed by atoms with van der Waals surface area (Å²) in [5.41, 5.74) is 3.23. The third kappa shape index (κ3) is 4.98. The van der Waals surface area contributed by atoms with Crippen LogP contribution in [0.15, 0.2) is 54.6 Å². The molecule has 2 aromatic rings. The van der Waals surface area contributed by atoms with Gasteiger partial charge < -0.3 is 9.64 Å². The molecule has 0 aromatic heterocycles. The van der Waals surface area contributed by atoms with Crippen LogP contribution in [0.5, 0.6) is 0 Å². The number of carbonyl (C=O) groups is 1. The number of hydrogen-bond donors (Lipinski definition) is 0. The van der Waals surface area contributed by atoms with E-state index in [1.165, 1.54) is 16.7 Å². The first kappa shape index (κ1) is 19.6. The van der Waals surface area contributed by atoms with Gasteiger partial charge in [-0.25, -0.2) is 0 Å². The summed E-state index contributed by atoms with van der Waals surface area (Å²) in [5, 5.41) is 0. The number of piperidine rings is 1. The SMILES string of the molecule is CCCCC(=O)OC1(c2ccccc2Cc2ccccc2)CCN(C)CC1. The number of esters is 1. The van der Waals surface area contributed by atoms with Gasteiger partial charge in [0.1, 0.15) is 5.60 Å².